The van der Waals surface area contributed by atoms with E-state index in [-0.39, 0.29) is 5.91 Å². The molecule has 1 amide bonds. The van der Waals surface area contributed by atoms with Crippen LogP contribution in [0.4, 0.5) is 0 Å². The molecule has 136 valence electrons. The molecule has 2 heterocycles. The highest BCUT2D eigenvalue weighted by Gasteiger charge is 2.34. The number of para-hydroxylation sites is 1. The van der Waals surface area contributed by atoms with Gasteiger partial charge in [-0.2, -0.15) is 0 Å². The van der Waals surface area contributed by atoms with Gasteiger partial charge < -0.3 is 20.1 Å². The van der Waals surface area contributed by atoms with Crippen molar-refractivity contribution in [3.05, 3.63) is 59.2 Å². The van der Waals surface area contributed by atoms with E-state index in [1.54, 1.807) is 7.11 Å². The molecule has 26 heavy (non-hydrogen) atoms. The SMILES string of the molecule is COc1ccccc1CCOc1ccc2c(c1)C(=O)NC[C@@H]1CNC[C@@H]21. The van der Waals surface area contributed by atoms with Gasteiger partial charge in [-0.1, -0.05) is 24.3 Å². The van der Waals surface area contributed by atoms with Crippen molar-refractivity contribution in [2.75, 3.05) is 33.4 Å². The summed E-state index contributed by atoms with van der Waals surface area (Å²) in [5.74, 6) is 2.48. The standard InChI is InChI=1S/C21H24N2O3/c1-25-20-5-3-2-4-14(20)8-9-26-16-6-7-17-18(10-16)21(24)23-12-15-11-22-13-19(15)17/h2-7,10,15,19,22H,8-9,11-13H2,1H3,(H,23,24)/t15-,19+/m0/s1. The molecule has 2 atom stereocenters. The first-order valence-corrected chi connectivity index (χ1v) is 9.14. The third kappa shape index (κ3) is 3.27. The van der Waals surface area contributed by atoms with Crippen LogP contribution in [-0.4, -0.2) is 39.3 Å². The Morgan fingerprint density at radius 3 is 2.88 bits per heavy atom. The predicted molar refractivity (Wildman–Crippen MR) is 100 cm³/mol. The third-order valence-electron chi connectivity index (χ3n) is 5.37. The largest absolute Gasteiger partial charge is 0.496 e. The minimum Gasteiger partial charge on any atom is -0.496 e. The highest BCUT2D eigenvalue weighted by molar-refractivity contribution is 5.96. The van der Waals surface area contributed by atoms with E-state index in [4.69, 9.17) is 9.47 Å². The first-order valence-electron chi connectivity index (χ1n) is 9.14. The maximum Gasteiger partial charge on any atom is 0.251 e. The zero-order chi connectivity index (χ0) is 17.9. The van der Waals surface area contributed by atoms with Crippen molar-refractivity contribution in [1.29, 1.82) is 0 Å². The van der Waals surface area contributed by atoms with E-state index in [0.29, 0.717) is 18.4 Å². The molecule has 0 saturated carbocycles. The number of ether oxygens (including phenoxy) is 2. The van der Waals surface area contributed by atoms with Gasteiger partial charge in [0.1, 0.15) is 11.5 Å². The van der Waals surface area contributed by atoms with Gasteiger partial charge in [-0.15, -0.1) is 0 Å². The molecule has 0 spiro atoms. The Morgan fingerprint density at radius 2 is 2.00 bits per heavy atom. The normalized spacial score (nSPS) is 21.3. The molecular weight excluding hydrogens is 328 g/mol. The molecule has 0 radical (unpaired) electrons. The van der Waals surface area contributed by atoms with Crippen molar-refractivity contribution < 1.29 is 14.3 Å². The fourth-order valence-corrected chi connectivity index (χ4v) is 3.96. The summed E-state index contributed by atoms with van der Waals surface area (Å²) in [5.41, 5.74) is 2.99. The maximum absolute atomic E-state index is 12.5. The molecule has 0 unspecified atom stereocenters. The van der Waals surface area contributed by atoms with Crippen molar-refractivity contribution in [3.8, 4) is 11.5 Å². The summed E-state index contributed by atoms with van der Waals surface area (Å²) < 4.78 is 11.3. The molecule has 4 rings (SSSR count). The van der Waals surface area contributed by atoms with Gasteiger partial charge in [-0.05, 0) is 35.2 Å². The summed E-state index contributed by atoms with van der Waals surface area (Å²) in [7, 11) is 1.68. The van der Waals surface area contributed by atoms with E-state index < -0.39 is 0 Å². The first kappa shape index (κ1) is 16.9. The molecular formula is C21H24N2O3. The lowest BCUT2D eigenvalue weighted by atomic mass is 9.87. The molecule has 1 fully saturated rings. The summed E-state index contributed by atoms with van der Waals surface area (Å²) in [6.07, 6.45) is 0.752. The van der Waals surface area contributed by atoms with Crippen molar-refractivity contribution >= 4 is 5.91 Å². The van der Waals surface area contributed by atoms with E-state index in [9.17, 15) is 4.79 Å². The minimum absolute atomic E-state index is 0.00424. The molecule has 0 bridgehead atoms. The van der Waals surface area contributed by atoms with Gasteiger partial charge >= 0.3 is 0 Å². The molecule has 2 aliphatic heterocycles. The second-order valence-corrected chi connectivity index (χ2v) is 6.89. The molecule has 0 aromatic heterocycles. The van der Waals surface area contributed by atoms with E-state index in [0.717, 1.165) is 54.2 Å². The Bertz CT molecular complexity index is 806. The molecule has 2 aliphatic rings. The van der Waals surface area contributed by atoms with Crippen LogP contribution in [-0.2, 0) is 6.42 Å². The highest BCUT2D eigenvalue weighted by Crippen LogP contribution is 2.34. The Morgan fingerprint density at radius 1 is 1.12 bits per heavy atom. The monoisotopic (exact) mass is 352 g/mol. The fraction of sp³-hybridized carbons (Fsp3) is 0.381. The van der Waals surface area contributed by atoms with Gasteiger partial charge in [0, 0.05) is 37.5 Å². The van der Waals surface area contributed by atoms with E-state index in [1.165, 1.54) is 0 Å². The predicted octanol–water partition coefficient (Wildman–Crippen LogP) is 2.36. The first-order chi connectivity index (χ1) is 12.8. The Kier molecular flexibility index (Phi) is 4.80. The molecule has 1 saturated heterocycles. The second-order valence-electron chi connectivity index (χ2n) is 6.89. The van der Waals surface area contributed by atoms with Crippen molar-refractivity contribution in [2.45, 2.75) is 12.3 Å². The fourth-order valence-electron chi connectivity index (χ4n) is 3.96. The van der Waals surface area contributed by atoms with Gasteiger partial charge in [0.05, 0.1) is 13.7 Å². The number of hydrogen-bond acceptors (Lipinski definition) is 4. The van der Waals surface area contributed by atoms with Crippen LogP contribution in [0.25, 0.3) is 0 Å². The average Bonchev–Trinajstić information content (AvgIpc) is 3.10. The zero-order valence-electron chi connectivity index (χ0n) is 15.0. The zero-order valence-corrected chi connectivity index (χ0v) is 15.0. The lowest BCUT2D eigenvalue weighted by Crippen LogP contribution is -2.28. The van der Waals surface area contributed by atoms with Crippen LogP contribution >= 0.6 is 0 Å². The maximum atomic E-state index is 12.5. The number of rotatable bonds is 5. The van der Waals surface area contributed by atoms with Crippen LogP contribution in [0.5, 0.6) is 11.5 Å². The number of fused-ring (bicyclic) bond motifs is 3. The van der Waals surface area contributed by atoms with Crippen molar-refractivity contribution in [2.24, 2.45) is 5.92 Å². The molecule has 5 nitrogen and oxygen atoms in total. The summed E-state index contributed by atoms with van der Waals surface area (Å²) in [5, 5.41) is 6.48. The highest BCUT2D eigenvalue weighted by atomic mass is 16.5. The van der Waals surface area contributed by atoms with Crippen LogP contribution in [0.1, 0.15) is 27.4 Å². The molecule has 5 heteroatoms. The summed E-state index contributed by atoms with van der Waals surface area (Å²) in [6, 6.07) is 13.9. The smallest absolute Gasteiger partial charge is 0.251 e. The number of nitrogens with one attached hydrogen (secondary N) is 2. The van der Waals surface area contributed by atoms with Crippen molar-refractivity contribution in [1.82, 2.24) is 10.6 Å². The average molecular weight is 352 g/mol. The van der Waals surface area contributed by atoms with Crippen LogP contribution in [0, 0.1) is 5.92 Å². The number of methoxy groups -OCH3 is 1. The molecule has 0 aliphatic carbocycles. The van der Waals surface area contributed by atoms with E-state index >= 15 is 0 Å². The quantitative estimate of drug-likeness (QED) is 0.867. The van der Waals surface area contributed by atoms with E-state index in [1.807, 2.05) is 36.4 Å². The summed E-state index contributed by atoms with van der Waals surface area (Å²) in [4.78, 5) is 12.5. The van der Waals surface area contributed by atoms with Gasteiger partial charge in [-0.3, -0.25) is 4.79 Å². The minimum atomic E-state index is 0.00424. The van der Waals surface area contributed by atoms with Crippen LogP contribution in [0.2, 0.25) is 0 Å². The number of hydrogen-bond donors (Lipinski definition) is 2. The molecule has 2 N–H and O–H groups in total. The van der Waals surface area contributed by atoms with E-state index in [2.05, 4.69) is 16.7 Å². The number of carbonyl (C=O) groups is 1. The summed E-state index contributed by atoms with van der Waals surface area (Å²) in [6.45, 7) is 3.16. The Labute approximate surface area is 153 Å². The Balaban J connectivity index is 1.48. The van der Waals surface area contributed by atoms with Crippen molar-refractivity contribution in [3.63, 3.8) is 0 Å². The lowest BCUT2D eigenvalue weighted by molar-refractivity contribution is 0.0952. The summed E-state index contributed by atoms with van der Waals surface area (Å²) >= 11 is 0. The van der Waals surface area contributed by atoms with Crippen LogP contribution < -0.4 is 20.1 Å². The van der Waals surface area contributed by atoms with Gasteiger partial charge in [0.15, 0.2) is 0 Å². The van der Waals surface area contributed by atoms with Crippen LogP contribution in [0.3, 0.4) is 0 Å². The second kappa shape index (κ2) is 7.38. The number of benzene rings is 2. The molecule has 2 aromatic rings. The molecule has 2 aromatic carbocycles. The lowest BCUT2D eigenvalue weighted by Gasteiger charge is -2.17. The van der Waals surface area contributed by atoms with Gasteiger partial charge in [-0.25, -0.2) is 0 Å². The third-order valence-corrected chi connectivity index (χ3v) is 5.37. The Hall–Kier alpha value is -2.53. The van der Waals surface area contributed by atoms with Gasteiger partial charge in [0.25, 0.3) is 5.91 Å². The topological polar surface area (TPSA) is 59.6 Å². The van der Waals surface area contributed by atoms with Crippen LogP contribution in [0.15, 0.2) is 42.5 Å². The van der Waals surface area contributed by atoms with Gasteiger partial charge in [0.2, 0.25) is 0 Å². The number of amides is 1. The number of carbonyl (C=O) groups excluding carboxylic acids is 1.